The van der Waals surface area contributed by atoms with Gasteiger partial charge in [0.2, 0.25) is 0 Å². The van der Waals surface area contributed by atoms with Crippen LogP contribution in [0.15, 0.2) is 0 Å². The van der Waals surface area contributed by atoms with Gasteiger partial charge in [0.05, 0.1) is 26.4 Å². The van der Waals surface area contributed by atoms with Gasteiger partial charge in [-0.1, -0.05) is 311 Å². The Morgan fingerprint density at radius 3 is 0.764 bits per heavy atom. The van der Waals surface area contributed by atoms with Crippen LogP contribution in [-0.4, -0.2) is 96.7 Å². The SMILES string of the molecule is CCCCCCCCCCCCCCCCC(=O)OC[C@H](COP(=O)(O)OC[C@@H](O)COP(=O)(O)OC[C@@H](COC(=O)CCCCCCCCCCCC)OC(=O)CCCCCCCCCCCCC)OC(=O)CCCCCCCCCCCCCC(C)C. The molecule has 3 N–H and O–H groups in total. The van der Waals surface area contributed by atoms with Crippen molar-refractivity contribution in [1.29, 1.82) is 0 Å². The summed E-state index contributed by atoms with van der Waals surface area (Å²) >= 11 is 0. The number of rotatable bonds is 70. The Balaban J connectivity index is 5.24. The van der Waals surface area contributed by atoms with Crippen LogP contribution < -0.4 is 0 Å². The first-order chi connectivity index (χ1) is 43.0. The molecule has 0 saturated carbocycles. The molecule has 89 heavy (non-hydrogen) atoms. The van der Waals surface area contributed by atoms with Crippen molar-refractivity contribution >= 4 is 39.5 Å². The van der Waals surface area contributed by atoms with Gasteiger partial charge in [-0.3, -0.25) is 37.3 Å². The first-order valence-corrected chi connectivity index (χ1v) is 39.6. The van der Waals surface area contributed by atoms with E-state index < -0.39 is 97.5 Å². The zero-order valence-corrected chi connectivity index (χ0v) is 59.4. The standard InChI is InChI=1S/C70H136O17P2/c1-6-9-12-15-18-21-24-25-26-30-34-39-44-49-54-68(73)81-60-66(87-70(75)56-51-46-41-36-31-27-29-32-37-42-47-52-63(4)5)62-85-89(78,79)83-58-64(71)57-82-88(76,77)84-61-65(59-80-67(72)53-48-43-38-33-23-20-17-14-11-8-3)86-69(74)55-50-45-40-35-28-22-19-16-13-10-7-2/h63-66,71H,6-62H2,1-5H3,(H,76,77)(H,78,79)/t64-,65+,66+/m0/s1. The van der Waals surface area contributed by atoms with Crippen LogP contribution >= 0.6 is 15.6 Å². The maximum atomic E-state index is 13.0. The molecule has 0 aliphatic heterocycles. The number of unbranched alkanes of at least 4 members (excludes halogenated alkanes) is 42. The normalized spacial score (nSPS) is 14.1. The van der Waals surface area contributed by atoms with Gasteiger partial charge in [0, 0.05) is 25.7 Å². The average Bonchev–Trinajstić information content (AvgIpc) is 3.64. The van der Waals surface area contributed by atoms with Gasteiger partial charge in [0.15, 0.2) is 12.2 Å². The molecule has 0 heterocycles. The van der Waals surface area contributed by atoms with Gasteiger partial charge >= 0.3 is 39.5 Å². The van der Waals surface area contributed by atoms with Crippen LogP contribution in [0.25, 0.3) is 0 Å². The summed E-state index contributed by atoms with van der Waals surface area (Å²) in [5.74, 6) is -1.36. The molecule has 17 nitrogen and oxygen atoms in total. The van der Waals surface area contributed by atoms with E-state index in [-0.39, 0.29) is 25.7 Å². The lowest BCUT2D eigenvalue weighted by Gasteiger charge is -2.21. The van der Waals surface area contributed by atoms with E-state index >= 15 is 0 Å². The lowest BCUT2D eigenvalue weighted by Crippen LogP contribution is -2.30. The van der Waals surface area contributed by atoms with Gasteiger partial charge < -0.3 is 33.8 Å². The lowest BCUT2D eigenvalue weighted by molar-refractivity contribution is -0.161. The van der Waals surface area contributed by atoms with Crippen molar-refractivity contribution in [2.24, 2.45) is 5.92 Å². The quantitative estimate of drug-likeness (QED) is 0.0222. The Morgan fingerprint density at radius 1 is 0.303 bits per heavy atom. The molecule has 528 valence electrons. The van der Waals surface area contributed by atoms with Crippen molar-refractivity contribution in [2.75, 3.05) is 39.6 Å². The van der Waals surface area contributed by atoms with Gasteiger partial charge in [-0.05, 0) is 31.6 Å². The zero-order chi connectivity index (χ0) is 65.6. The van der Waals surface area contributed by atoms with Crippen LogP contribution in [0.2, 0.25) is 0 Å². The fourth-order valence-corrected chi connectivity index (χ4v) is 12.2. The summed E-state index contributed by atoms with van der Waals surface area (Å²) in [7, 11) is -9.90. The molecular formula is C70H136O17P2. The van der Waals surface area contributed by atoms with E-state index in [2.05, 4.69) is 34.6 Å². The highest BCUT2D eigenvalue weighted by Gasteiger charge is 2.30. The summed E-state index contributed by atoms with van der Waals surface area (Å²) in [6.45, 7) is 7.24. The number of hydrogen-bond acceptors (Lipinski definition) is 15. The van der Waals surface area contributed by atoms with E-state index in [0.29, 0.717) is 25.7 Å². The van der Waals surface area contributed by atoms with Crippen LogP contribution in [0.1, 0.15) is 362 Å². The smallest absolute Gasteiger partial charge is 0.462 e. The van der Waals surface area contributed by atoms with E-state index in [1.165, 1.54) is 186 Å². The molecule has 0 saturated heterocycles. The summed E-state index contributed by atoms with van der Waals surface area (Å²) < 4.78 is 68.3. The number of ether oxygens (including phenoxy) is 4. The van der Waals surface area contributed by atoms with Crippen molar-refractivity contribution in [3.05, 3.63) is 0 Å². The number of aliphatic hydroxyl groups excluding tert-OH is 1. The second-order valence-electron chi connectivity index (χ2n) is 25.7. The van der Waals surface area contributed by atoms with Gasteiger partial charge in [-0.15, -0.1) is 0 Å². The van der Waals surface area contributed by atoms with Crippen LogP contribution in [0, 0.1) is 5.92 Å². The first-order valence-electron chi connectivity index (χ1n) is 36.6. The molecule has 0 bridgehead atoms. The van der Waals surface area contributed by atoms with E-state index in [9.17, 15) is 43.2 Å². The minimum absolute atomic E-state index is 0.107. The third kappa shape index (κ3) is 64.6. The highest BCUT2D eigenvalue weighted by molar-refractivity contribution is 7.47. The molecule has 0 spiro atoms. The number of esters is 4. The highest BCUT2D eigenvalue weighted by atomic mass is 31.2. The molecule has 0 radical (unpaired) electrons. The molecule has 0 rings (SSSR count). The Labute approximate surface area is 543 Å². The molecule has 0 aliphatic rings. The van der Waals surface area contributed by atoms with Crippen molar-refractivity contribution in [3.8, 4) is 0 Å². The molecule has 0 aromatic rings. The van der Waals surface area contributed by atoms with Crippen molar-refractivity contribution in [1.82, 2.24) is 0 Å². The average molecular weight is 1310 g/mol. The van der Waals surface area contributed by atoms with Gasteiger partial charge in [0.1, 0.15) is 19.3 Å². The molecule has 0 amide bonds. The Bertz CT molecular complexity index is 1720. The first kappa shape index (κ1) is 87.1. The molecule has 19 heteroatoms. The maximum absolute atomic E-state index is 13.0. The maximum Gasteiger partial charge on any atom is 0.472 e. The predicted molar refractivity (Wildman–Crippen MR) is 358 cm³/mol. The van der Waals surface area contributed by atoms with E-state index in [1.807, 2.05) is 0 Å². The third-order valence-corrected chi connectivity index (χ3v) is 18.2. The Morgan fingerprint density at radius 2 is 0.517 bits per heavy atom. The van der Waals surface area contributed by atoms with Crippen LogP contribution in [0.4, 0.5) is 0 Å². The molecule has 0 aliphatic carbocycles. The van der Waals surface area contributed by atoms with Crippen molar-refractivity contribution in [3.63, 3.8) is 0 Å². The zero-order valence-electron chi connectivity index (χ0n) is 57.6. The van der Waals surface area contributed by atoms with Crippen molar-refractivity contribution in [2.45, 2.75) is 380 Å². The number of aliphatic hydroxyl groups is 1. The molecule has 0 aromatic heterocycles. The predicted octanol–water partition coefficient (Wildman–Crippen LogP) is 20.1. The number of carbonyl (C=O) groups is 4. The summed E-state index contributed by atoms with van der Waals surface area (Å²) in [5.41, 5.74) is 0. The van der Waals surface area contributed by atoms with E-state index in [1.54, 1.807) is 0 Å². The molecule has 5 atom stereocenters. The van der Waals surface area contributed by atoms with Crippen LogP contribution in [-0.2, 0) is 65.4 Å². The minimum atomic E-state index is -4.95. The summed E-state index contributed by atoms with van der Waals surface area (Å²) in [6.07, 6.45) is 49.8. The van der Waals surface area contributed by atoms with Crippen molar-refractivity contribution < 1.29 is 80.2 Å². The minimum Gasteiger partial charge on any atom is -0.462 e. The third-order valence-electron chi connectivity index (χ3n) is 16.3. The number of hydrogen-bond donors (Lipinski definition) is 3. The summed E-state index contributed by atoms with van der Waals surface area (Å²) in [6, 6.07) is 0. The largest absolute Gasteiger partial charge is 0.472 e. The molecule has 0 fully saturated rings. The molecule has 0 aromatic carbocycles. The van der Waals surface area contributed by atoms with Crippen LogP contribution in [0.3, 0.4) is 0 Å². The van der Waals surface area contributed by atoms with Crippen LogP contribution in [0.5, 0.6) is 0 Å². The van der Waals surface area contributed by atoms with Gasteiger partial charge in [-0.2, -0.15) is 0 Å². The van der Waals surface area contributed by atoms with Gasteiger partial charge in [-0.25, -0.2) is 9.13 Å². The second-order valence-corrected chi connectivity index (χ2v) is 28.7. The Kier molecular flexibility index (Phi) is 62.1. The summed E-state index contributed by atoms with van der Waals surface area (Å²) in [5, 5.41) is 10.6. The topological polar surface area (TPSA) is 237 Å². The Hall–Kier alpha value is -1.94. The highest BCUT2D eigenvalue weighted by Crippen LogP contribution is 2.45. The summed E-state index contributed by atoms with van der Waals surface area (Å²) in [4.78, 5) is 72.5. The number of carbonyl (C=O) groups excluding carboxylic acids is 4. The molecular weight excluding hydrogens is 1170 g/mol. The lowest BCUT2D eigenvalue weighted by atomic mass is 10.0. The monoisotopic (exact) mass is 1310 g/mol. The molecule has 2 unspecified atom stereocenters. The van der Waals surface area contributed by atoms with E-state index in [0.717, 1.165) is 95.8 Å². The fraction of sp³-hybridized carbons (Fsp3) is 0.943. The second kappa shape index (κ2) is 63.5. The number of phosphoric ester groups is 2. The number of phosphoric acid groups is 2. The fourth-order valence-electron chi connectivity index (χ4n) is 10.6. The van der Waals surface area contributed by atoms with Gasteiger partial charge in [0.25, 0.3) is 0 Å². The van der Waals surface area contributed by atoms with E-state index in [4.69, 9.17) is 37.0 Å².